The molecular weight excluding hydrogens is 414 g/mol. The molecule has 3 rings (SSSR count). The molecule has 0 unspecified atom stereocenters. The Labute approximate surface area is 181 Å². The highest BCUT2D eigenvalue weighted by Crippen LogP contribution is 2.27. The molecule has 160 valence electrons. The monoisotopic (exact) mass is 437 g/mol. The molecule has 0 atom stereocenters. The van der Waals surface area contributed by atoms with E-state index in [0.29, 0.717) is 28.2 Å². The lowest BCUT2D eigenvalue weighted by molar-refractivity contribution is -0.114. The molecule has 0 aliphatic heterocycles. The molecule has 2 N–H and O–H groups in total. The molecule has 0 saturated heterocycles. The van der Waals surface area contributed by atoms with Crippen LogP contribution in [0.1, 0.15) is 22.8 Å². The Bertz CT molecular complexity index is 1220. The average molecular weight is 438 g/mol. The molecule has 3 aromatic rings. The van der Waals surface area contributed by atoms with Gasteiger partial charge in [-0.05, 0) is 55.0 Å². The summed E-state index contributed by atoms with van der Waals surface area (Å²) in [6, 6.07) is 19.8. The van der Waals surface area contributed by atoms with E-state index in [-0.39, 0.29) is 10.8 Å². The maximum atomic E-state index is 13.0. The lowest BCUT2D eigenvalue weighted by Gasteiger charge is -2.22. The van der Waals surface area contributed by atoms with E-state index >= 15 is 0 Å². The van der Waals surface area contributed by atoms with E-state index in [1.54, 1.807) is 67.6 Å². The van der Waals surface area contributed by atoms with E-state index in [0.717, 1.165) is 0 Å². The third-order valence-corrected chi connectivity index (χ3v) is 6.44. The summed E-state index contributed by atoms with van der Waals surface area (Å²) in [5.74, 6) is -0.610. The fourth-order valence-corrected chi connectivity index (χ4v) is 4.32. The first kappa shape index (κ1) is 22.0. The number of carbonyl (C=O) groups excluding carboxylic acids is 2. The quantitative estimate of drug-likeness (QED) is 0.609. The van der Waals surface area contributed by atoms with Crippen molar-refractivity contribution in [1.82, 2.24) is 0 Å². The number of sulfonamides is 1. The first-order valence-corrected chi connectivity index (χ1v) is 11.0. The van der Waals surface area contributed by atoms with Gasteiger partial charge in [0.1, 0.15) is 0 Å². The molecule has 3 aromatic carbocycles. The van der Waals surface area contributed by atoms with Crippen molar-refractivity contribution in [3.05, 3.63) is 83.9 Å². The van der Waals surface area contributed by atoms with E-state index < -0.39 is 15.9 Å². The second-order valence-corrected chi connectivity index (χ2v) is 8.97. The highest BCUT2D eigenvalue weighted by molar-refractivity contribution is 7.92. The molecule has 0 aliphatic rings. The Morgan fingerprint density at radius 1 is 0.839 bits per heavy atom. The first-order chi connectivity index (χ1) is 14.7. The third kappa shape index (κ3) is 5.10. The first-order valence-electron chi connectivity index (χ1n) is 9.52. The summed E-state index contributed by atoms with van der Waals surface area (Å²) in [6.07, 6.45) is 0. The molecule has 0 heterocycles. The third-order valence-electron chi connectivity index (χ3n) is 4.65. The van der Waals surface area contributed by atoms with Crippen LogP contribution >= 0.6 is 0 Å². The number of amides is 2. The lowest BCUT2D eigenvalue weighted by Crippen LogP contribution is -2.27. The Kier molecular flexibility index (Phi) is 6.41. The Morgan fingerprint density at radius 2 is 1.48 bits per heavy atom. The van der Waals surface area contributed by atoms with Crippen LogP contribution < -0.4 is 14.9 Å². The zero-order valence-electron chi connectivity index (χ0n) is 17.4. The molecule has 7 nitrogen and oxygen atoms in total. The maximum absolute atomic E-state index is 13.0. The summed E-state index contributed by atoms with van der Waals surface area (Å²) in [5, 5.41) is 5.43. The van der Waals surface area contributed by atoms with Crippen molar-refractivity contribution < 1.29 is 18.0 Å². The van der Waals surface area contributed by atoms with Crippen LogP contribution in [0.15, 0.2) is 77.7 Å². The van der Waals surface area contributed by atoms with Crippen LogP contribution in [0.2, 0.25) is 0 Å². The summed E-state index contributed by atoms with van der Waals surface area (Å²) in [5.41, 5.74) is 2.49. The van der Waals surface area contributed by atoms with Crippen molar-refractivity contribution in [2.75, 3.05) is 22.0 Å². The number of nitrogens with one attached hydrogen (secondary N) is 2. The number of carbonyl (C=O) groups is 2. The van der Waals surface area contributed by atoms with Crippen molar-refractivity contribution in [1.29, 1.82) is 0 Å². The van der Waals surface area contributed by atoms with Gasteiger partial charge >= 0.3 is 0 Å². The molecule has 8 heteroatoms. The molecule has 0 spiro atoms. The van der Waals surface area contributed by atoms with Gasteiger partial charge in [0, 0.05) is 30.9 Å². The van der Waals surface area contributed by atoms with Crippen molar-refractivity contribution in [3.63, 3.8) is 0 Å². The molecule has 0 fully saturated rings. The van der Waals surface area contributed by atoms with Gasteiger partial charge in [0.2, 0.25) is 5.91 Å². The molecule has 0 saturated carbocycles. The highest BCUT2D eigenvalue weighted by Gasteiger charge is 2.23. The Morgan fingerprint density at radius 3 is 2.13 bits per heavy atom. The second-order valence-electron chi connectivity index (χ2n) is 7.00. The van der Waals surface area contributed by atoms with Crippen LogP contribution in [0.4, 0.5) is 17.1 Å². The van der Waals surface area contributed by atoms with E-state index in [4.69, 9.17) is 0 Å². The van der Waals surface area contributed by atoms with Gasteiger partial charge in [0.25, 0.3) is 15.9 Å². The molecule has 0 radical (unpaired) electrons. The van der Waals surface area contributed by atoms with Crippen LogP contribution in [-0.2, 0) is 14.8 Å². The zero-order valence-corrected chi connectivity index (χ0v) is 18.2. The van der Waals surface area contributed by atoms with Crippen LogP contribution in [-0.4, -0.2) is 27.3 Å². The molecular formula is C23H23N3O4S. The molecule has 31 heavy (non-hydrogen) atoms. The van der Waals surface area contributed by atoms with Crippen LogP contribution in [0.5, 0.6) is 0 Å². The predicted octanol–water partition coefficient (Wildman–Crippen LogP) is 4.03. The minimum atomic E-state index is -3.77. The SMILES string of the molecule is CC(=O)Nc1cccc(NC(=O)c2ccc(C)c(N(C)S(=O)(=O)c3ccccc3)c2)c1. The zero-order chi connectivity index (χ0) is 22.6. The number of anilines is 3. The number of hydrogen-bond acceptors (Lipinski definition) is 4. The Balaban J connectivity index is 1.87. The fourth-order valence-electron chi connectivity index (χ4n) is 3.05. The molecule has 2 amide bonds. The largest absolute Gasteiger partial charge is 0.326 e. The Hall–Kier alpha value is -3.65. The van der Waals surface area contributed by atoms with Crippen molar-refractivity contribution in [3.8, 4) is 0 Å². The topological polar surface area (TPSA) is 95.6 Å². The van der Waals surface area contributed by atoms with Crippen molar-refractivity contribution in [2.45, 2.75) is 18.7 Å². The van der Waals surface area contributed by atoms with Crippen molar-refractivity contribution >= 4 is 38.9 Å². The van der Waals surface area contributed by atoms with Gasteiger partial charge in [-0.25, -0.2) is 8.42 Å². The number of benzene rings is 3. The van der Waals surface area contributed by atoms with E-state index in [2.05, 4.69) is 10.6 Å². The average Bonchev–Trinajstić information content (AvgIpc) is 2.74. The van der Waals surface area contributed by atoms with Crippen LogP contribution in [0, 0.1) is 6.92 Å². The van der Waals surface area contributed by atoms with Crippen molar-refractivity contribution in [2.24, 2.45) is 0 Å². The van der Waals surface area contributed by atoms with Gasteiger partial charge in [-0.15, -0.1) is 0 Å². The minimum Gasteiger partial charge on any atom is -0.326 e. The number of nitrogens with zero attached hydrogens (tertiary/aromatic N) is 1. The van der Waals surface area contributed by atoms with E-state index in [1.807, 2.05) is 0 Å². The number of aryl methyl sites for hydroxylation is 1. The summed E-state index contributed by atoms with van der Waals surface area (Å²) < 4.78 is 27.1. The fraction of sp³-hybridized carbons (Fsp3) is 0.130. The van der Waals surface area contributed by atoms with E-state index in [1.165, 1.54) is 30.4 Å². The standard InChI is InChI=1S/C23H23N3O4S/c1-16-12-13-18(23(28)25-20-9-7-8-19(15-20)24-17(2)27)14-22(16)26(3)31(29,30)21-10-5-4-6-11-21/h4-15H,1-3H3,(H,24,27)(H,25,28). The van der Waals surface area contributed by atoms with Crippen LogP contribution in [0.3, 0.4) is 0 Å². The normalized spacial score (nSPS) is 10.9. The van der Waals surface area contributed by atoms with Gasteiger partial charge in [0.15, 0.2) is 0 Å². The van der Waals surface area contributed by atoms with Gasteiger partial charge < -0.3 is 10.6 Å². The van der Waals surface area contributed by atoms with E-state index in [9.17, 15) is 18.0 Å². The van der Waals surface area contributed by atoms with Gasteiger partial charge in [0.05, 0.1) is 10.6 Å². The summed E-state index contributed by atoms with van der Waals surface area (Å²) in [6.45, 7) is 3.18. The van der Waals surface area contributed by atoms with Gasteiger partial charge in [-0.3, -0.25) is 13.9 Å². The van der Waals surface area contributed by atoms with Gasteiger partial charge in [-0.2, -0.15) is 0 Å². The highest BCUT2D eigenvalue weighted by atomic mass is 32.2. The maximum Gasteiger partial charge on any atom is 0.264 e. The van der Waals surface area contributed by atoms with Crippen LogP contribution in [0.25, 0.3) is 0 Å². The summed E-state index contributed by atoms with van der Waals surface area (Å²) in [4.78, 5) is 24.2. The summed E-state index contributed by atoms with van der Waals surface area (Å²) >= 11 is 0. The summed E-state index contributed by atoms with van der Waals surface area (Å²) in [7, 11) is -2.31. The minimum absolute atomic E-state index is 0.168. The number of hydrogen-bond donors (Lipinski definition) is 2. The molecule has 0 bridgehead atoms. The number of rotatable bonds is 6. The second kappa shape index (κ2) is 9.01. The molecule has 0 aromatic heterocycles. The predicted molar refractivity (Wildman–Crippen MR) is 122 cm³/mol. The smallest absolute Gasteiger partial charge is 0.264 e. The molecule has 0 aliphatic carbocycles. The van der Waals surface area contributed by atoms with Gasteiger partial charge in [-0.1, -0.05) is 30.3 Å². The lowest BCUT2D eigenvalue weighted by atomic mass is 10.1.